The summed E-state index contributed by atoms with van der Waals surface area (Å²) in [6, 6.07) is 0. The molecule has 0 aromatic carbocycles. The van der Waals surface area contributed by atoms with Gasteiger partial charge in [0.2, 0.25) is 0 Å². The van der Waals surface area contributed by atoms with Gasteiger partial charge in [-0.1, -0.05) is 20.8 Å². The predicted octanol–water partition coefficient (Wildman–Crippen LogP) is 3.06. The molecule has 1 aliphatic rings. The van der Waals surface area contributed by atoms with Crippen LogP contribution in [0, 0.1) is 11.3 Å². The van der Waals surface area contributed by atoms with Crippen molar-refractivity contribution in [1.82, 2.24) is 4.90 Å². The average Bonchev–Trinajstić information content (AvgIpc) is 2.20. The highest BCUT2D eigenvalue weighted by Gasteiger charge is 2.37. The maximum atomic E-state index is 12.4. The first kappa shape index (κ1) is 15.8. The van der Waals surface area contributed by atoms with E-state index in [2.05, 4.69) is 13.8 Å². The molecule has 1 rings (SSSR count). The Kier molecular flexibility index (Phi) is 5.06. The Bertz CT molecular complexity index is 265. The third-order valence-electron chi connectivity index (χ3n) is 3.82. The van der Waals surface area contributed by atoms with Gasteiger partial charge in [-0.15, -0.1) is 0 Å². The van der Waals surface area contributed by atoms with Crippen LogP contribution in [0.2, 0.25) is 0 Å². The van der Waals surface area contributed by atoms with E-state index >= 15 is 0 Å². The van der Waals surface area contributed by atoms with E-state index < -0.39 is 18.8 Å². The van der Waals surface area contributed by atoms with Crippen LogP contribution in [-0.4, -0.2) is 41.9 Å². The van der Waals surface area contributed by atoms with Crippen LogP contribution >= 0.6 is 0 Å². The summed E-state index contributed by atoms with van der Waals surface area (Å²) in [5, 5.41) is 9.94. The molecule has 0 aromatic rings. The third-order valence-corrected chi connectivity index (χ3v) is 3.82. The van der Waals surface area contributed by atoms with Crippen LogP contribution in [0.25, 0.3) is 0 Å². The van der Waals surface area contributed by atoms with E-state index in [4.69, 9.17) is 0 Å². The molecule has 1 N–H and O–H groups in total. The first-order valence-electron chi connectivity index (χ1n) is 6.60. The molecule has 0 saturated heterocycles. The van der Waals surface area contributed by atoms with Gasteiger partial charge in [0.15, 0.2) is 0 Å². The summed E-state index contributed by atoms with van der Waals surface area (Å²) < 4.78 is 37.2. The Morgan fingerprint density at radius 1 is 1.33 bits per heavy atom. The summed E-state index contributed by atoms with van der Waals surface area (Å²) in [5.41, 5.74) is 0.127. The standard InChI is InChI=1S/C13H24F3NO/c1-4-17(9-13(14,15)16)8-10-7-12(2,3)6-5-11(10)18/h10-11,18H,4-9H2,1-3H3. The fraction of sp³-hybridized carbons (Fsp3) is 1.00. The highest BCUT2D eigenvalue weighted by Crippen LogP contribution is 2.39. The van der Waals surface area contributed by atoms with Gasteiger partial charge < -0.3 is 5.11 Å². The first-order chi connectivity index (χ1) is 8.13. The minimum Gasteiger partial charge on any atom is -0.393 e. The Balaban J connectivity index is 2.57. The summed E-state index contributed by atoms with van der Waals surface area (Å²) in [6.07, 6.45) is -2.19. The van der Waals surface area contributed by atoms with Crippen molar-refractivity contribution in [3.05, 3.63) is 0 Å². The second-order valence-corrected chi connectivity index (χ2v) is 6.18. The summed E-state index contributed by atoms with van der Waals surface area (Å²) in [6.45, 7) is 5.78. The summed E-state index contributed by atoms with van der Waals surface area (Å²) in [5.74, 6) is -0.0453. The van der Waals surface area contributed by atoms with Crippen molar-refractivity contribution in [1.29, 1.82) is 0 Å². The van der Waals surface area contributed by atoms with E-state index in [1.54, 1.807) is 6.92 Å². The molecule has 0 amide bonds. The van der Waals surface area contributed by atoms with Crippen LogP contribution in [0.5, 0.6) is 0 Å². The molecule has 1 saturated carbocycles. The van der Waals surface area contributed by atoms with Crippen molar-refractivity contribution in [3.63, 3.8) is 0 Å². The molecular weight excluding hydrogens is 243 g/mol. The molecule has 1 aliphatic carbocycles. The fourth-order valence-corrected chi connectivity index (χ4v) is 2.80. The van der Waals surface area contributed by atoms with Crippen molar-refractivity contribution < 1.29 is 18.3 Å². The smallest absolute Gasteiger partial charge is 0.393 e. The Labute approximate surface area is 107 Å². The zero-order valence-electron chi connectivity index (χ0n) is 11.4. The van der Waals surface area contributed by atoms with Crippen LogP contribution < -0.4 is 0 Å². The molecule has 2 nitrogen and oxygen atoms in total. The monoisotopic (exact) mass is 267 g/mol. The molecule has 108 valence electrons. The highest BCUT2D eigenvalue weighted by atomic mass is 19.4. The quantitative estimate of drug-likeness (QED) is 0.846. The van der Waals surface area contributed by atoms with Crippen molar-refractivity contribution >= 4 is 0 Å². The molecule has 5 heteroatoms. The maximum Gasteiger partial charge on any atom is 0.401 e. The molecular formula is C13H24F3NO. The largest absolute Gasteiger partial charge is 0.401 e. The normalized spacial score (nSPS) is 28.7. The van der Waals surface area contributed by atoms with E-state index in [1.165, 1.54) is 4.90 Å². The van der Waals surface area contributed by atoms with Gasteiger partial charge in [0.05, 0.1) is 12.6 Å². The molecule has 0 spiro atoms. The number of aliphatic hydroxyl groups is 1. The lowest BCUT2D eigenvalue weighted by Gasteiger charge is -2.40. The van der Waals surface area contributed by atoms with E-state index in [0.717, 1.165) is 12.8 Å². The molecule has 2 atom stereocenters. The van der Waals surface area contributed by atoms with Crippen LogP contribution in [0.3, 0.4) is 0 Å². The Hall–Kier alpha value is -0.290. The number of aliphatic hydroxyl groups excluding tert-OH is 1. The SMILES string of the molecule is CCN(CC1CC(C)(C)CCC1O)CC(F)(F)F. The molecule has 0 radical (unpaired) electrons. The lowest BCUT2D eigenvalue weighted by molar-refractivity contribution is -0.149. The van der Waals surface area contributed by atoms with E-state index in [-0.39, 0.29) is 11.3 Å². The van der Waals surface area contributed by atoms with Crippen LogP contribution in [0.1, 0.15) is 40.0 Å². The molecule has 2 unspecified atom stereocenters. The van der Waals surface area contributed by atoms with E-state index in [1.807, 2.05) is 0 Å². The lowest BCUT2D eigenvalue weighted by atomic mass is 9.70. The second-order valence-electron chi connectivity index (χ2n) is 6.18. The maximum absolute atomic E-state index is 12.4. The van der Waals surface area contributed by atoms with Crippen molar-refractivity contribution in [2.45, 2.75) is 52.3 Å². The number of rotatable bonds is 4. The minimum atomic E-state index is -4.16. The summed E-state index contributed by atoms with van der Waals surface area (Å²) >= 11 is 0. The zero-order valence-corrected chi connectivity index (χ0v) is 11.4. The molecule has 0 aromatic heterocycles. The molecule has 18 heavy (non-hydrogen) atoms. The second kappa shape index (κ2) is 5.78. The Morgan fingerprint density at radius 3 is 2.44 bits per heavy atom. The van der Waals surface area contributed by atoms with Crippen LogP contribution in [-0.2, 0) is 0 Å². The van der Waals surface area contributed by atoms with Gasteiger partial charge in [-0.3, -0.25) is 4.90 Å². The number of alkyl halides is 3. The van der Waals surface area contributed by atoms with Crippen molar-refractivity contribution in [2.75, 3.05) is 19.6 Å². The average molecular weight is 267 g/mol. The van der Waals surface area contributed by atoms with Crippen molar-refractivity contribution in [3.8, 4) is 0 Å². The molecule has 0 bridgehead atoms. The summed E-state index contributed by atoms with van der Waals surface area (Å²) in [7, 11) is 0. The molecule has 0 heterocycles. The van der Waals surface area contributed by atoms with Gasteiger partial charge in [0, 0.05) is 6.54 Å². The van der Waals surface area contributed by atoms with Gasteiger partial charge in [-0.2, -0.15) is 13.2 Å². The van der Waals surface area contributed by atoms with E-state index in [9.17, 15) is 18.3 Å². The third kappa shape index (κ3) is 5.14. The number of hydrogen-bond acceptors (Lipinski definition) is 2. The minimum absolute atomic E-state index is 0.0453. The lowest BCUT2D eigenvalue weighted by Crippen LogP contribution is -2.43. The van der Waals surface area contributed by atoms with Gasteiger partial charge in [-0.25, -0.2) is 0 Å². The van der Waals surface area contributed by atoms with Gasteiger partial charge in [0.1, 0.15) is 0 Å². The van der Waals surface area contributed by atoms with Crippen molar-refractivity contribution in [2.24, 2.45) is 11.3 Å². The number of nitrogens with zero attached hydrogens (tertiary/aromatic N) is 1. The first-order valence-corrected chi connectivity index (χ1v) is 6.60. The topological polar surface area (TPSA) is 23.5 Å². The van der Waals surface area contributed by atoms with Gasteiger partial charge in [-0.05, 0) is 37.1 Å². The van der Waals surface area contributed by atoms with Crippen LogP contribution in [0.15, 0.2) is 0 Å². The zero-order chi connectivity index (χ0) is 14.0. The van der Waals surface area contributed by atoms with E-state index in [0.29, 0.717) is 19.5 Å². The predicted molar refractivity (Wildman–Crippen MR) is 65.3 cm³/mol. The fourth-order valence-electron chi connectivity index (χ4n) is 2.80. The summed E-state index contributed by atoms with van der Waals surface area (Å²) in [4.78, 5) is 1.38. The molecule has 1 fully saturated rings. The molecule has 0 aliphatic heterocycles. The Morgan fingerprint density at radius 2 is 1.94 bits per heavy atom. The van der Waals surface area contributed by atoms with Gasteiger partial charge in [0.25, 0.3) is 0 Å². The number of halogens is 3. The van der Waals surface area contributed by atoms with Crippen LogP contribution in [0.4, 0.5) is 13.2 Å². The highest BCUT2D eigenvalue weighted by molar-refractivity contribution is 4.86. The van der Waals surface area contributed by atoms with Gasteiger partial charge >= 0.3 is 6.18 Å². The number of hydrogen-bond donors (Lipinski definition) is 1.